The lowest BCUT2D eigenvalue weighted by Gasteiger charge is -2.39. The van der Waals surface area contributed by atoms with E-state index in [1.165, 1.54) is 21.9 Å². The van der Waals surface area contributed by atoms with E-state index in [9.17, 15) is 0 Å². The van der Waals surface area contributed by atoms with Gasteiger partial charge in [-0.1, -0.05) is 127 Å². The minimum Gasteiger partial charge on any atom is -0.456 e. The summed E-state index contributed by atoms with van der Waals surface area (Å²) < 4.78 is 15.4. The molecule has 1 aliphatic rings. The lowest BCUT2D eigenvalue weighted by atomic mass is 10.00. The second kappa shape index (κ2) is 12.8. The molecule has 8 aromatic carbocycles. The van der Waals surface area contributed by atoms with Crippen molar-refractivity contribution in [1.29, 1.82) is 0 Å². The highest BCUT2D eigenvalue weighted by molar-refractivity contribution is 6.12. The normalized spacial score (nSPS) is 17.4. The van der Waals surface area contributed by atoms with Gasteiger partial charge in [-0.05, 0) is 76.3 Å². The summed E-state index contributed by atoms with van der Waals surface area (Å²) in [7, 11) is 0. The average Bonchev–Trinajstić information content (AvgIpc) is 3.95. The maximum atomic E-state index is 6.73. The van der Waals surface area contributed by atoms with Gasteiger partial charge in [0.05, 0.1) is 29.5 Å². The van der Waals surface area contributed by atoms with E-state index in [2.05, 4.69) is 190 Å². The van der Waals surface area contributed by atoms with Crippen LogP contribution in [0.4, 0.5) is 0 Å². The first-order chi connectivity index (χ1) is 28.2. The number of fused-ring (bicyclic) bond motifs is 9. The Morgan fingerprint density at radius 3 is 1.89 bits per heavy atom. The Bertz CT molecular complexity index is 3310. The first-order valence-electron chi connectivity index (χ1n) is 19.5. The third-order valence-electron chi connectivity index (χ3n) is 11.7. The number of nitrogens with zero attached hydrogens (tertiary/aromatic N) is 1. The molecule has 11 aromatic rings. The van der Waals surface area contributed by atoms with Gasteiger partial charge in [-0.25, -0.2) is 0 Å². The second-order valence-corrected chi connectivity index (χ2v) is 15.0. The third-order valence-corrected chi connectivity index (χ3v) is 11.7. The fraction of sp³-hybridized carbons (Fsp3) is 0.0588. The summed E-state index contributed by atoms with van der Waals surface area (Å²) in [6.07, 6.45) is -0.489. The summed E-state index contributed by atoms with van der Waals surface area (Å²) in [6.45, 7) is 0. The predicted octanol–water partition coefficient (Wildman–Crippen LogP) is 12.4. The number of furan rings is 2. The van der Waals surface area contributed by atoms with Gasteiger partial charge in [0.1, 0.15) is 22.3 Å². The van der Waals surface area contributed by atoms with Crippen LogP contribution < -0.4 is 16.0 Å². The first-order valence-corrected chi connectivity index (χ1v) is 19.5. The average molecular weight is 737 g/mol. The van der Waals surface area contributed by atoms with Crippen LogP contribution in [-0.4, -0.2) is 4.57 Å². The van der Waals surface area contributed by atoms with Gasteiger partial charge in [0, 0.05) is 44.1 Å². The van der Waals surface area contributed by atoms with Crippen molar-refractivity contribution in [3.8, 4) is 16.8 Å². The number of benzene rings is 8. The molecule has 57 heavy (non-hydrogen) atoms. The Morgan fingerprint density at radius 1 is 0.368 bits per heavy atom. The van der Waals surface area contributed by atoms with Gasteiger partial charge in [-0.3, -0.25) is 16.0 Å². The van der Waals surface area contributed by atoms with E-state index in [0.29, 0.717) is 0 Å². The van der Waals surface area contributed by atoms with Gasteiger partial charge < -0.3 is 13.4 Å². The minimum absolute atomic E-state index is 0.119. The van der Waals surface area contributed by atoms with E-state index < -0.39 is 0 Å². The third kappa shape index (κ3) is 5.23. The topological polar surface area (TPSA) is 67.3 Å². The molecule has 1 fully saturated rings. The molecule has 6 heteroatoms. The molecule has 1 aliphatic heterocycles. The molecule has 4 heterocycles. The van der Waals surface area contributed by atoms with E-state index in [0.717, 1.165) is 77.3 Å². The van der Waals surface area contributed by atoms with Gasteiger partial charge in [0.25, 0.3) is 0 Å². The fourth-order valence-electron chi connectivity index (χ4n) is 9.06. The van der Waals surface area contributed by atoms with Gasteiger partial charge in [-0.2, -0.15) is 0 Å². The van der Waals surface area contributed by atoms with Gasteiger partial charge in [0.2, 0.25) is 0 Å². The number of nitrogens with one attached hydrogen (secondary N) is 3. The molecule has 0 saturated carbocycles. The number of hydrogen-bond donors (Lipinski definition) is 3. The number of rotatable bonds is 5. The monoisotopic (exact) mass is 736 g/mol. The molecule has 6 nitrogen and oxygen atoms in total. The Balaban J connectivity index is 0.965. The molecule has 3 unspecified atom stereocenters. The molecule has 0 spiro atoms. The van der Waals surface area contributed by atoms with Gasteiger partial charge in [0.15, 0.2) is 0 Å². The molecule has 272 valence electrons. The molecule has 12 rings (SSSR count). The van der Waals surface area contributed by atoms with Crippen LogP contribution in [0, 0.1) is 0 Å². The standard InChI is InChI=1S/C51H36N4O2/c1-3-12-31(13-4-1)33-23-27-43-41(28-33)36-16-7-9-19-42(36)55(43)35-24-26-39-47(30-35)57-45-21-11-18-40(48(39)45)51-53-49(32-14-5-2-6-15-32)52-50(54-51)34-22-25-38-37-17-8-10-20-44(37)56-46(38)29-34/h1-30,49-54H. The molecule has 0 amide bonds. The SMILES string of the molecule is c1ccc(-c2ccc3c(c2)c2ccccc2n3-c2ccc3c(c2)oc2cccc(C4NC(c5ccccc5)NC(c5ccc6c(c5)oc5ccccc56)N4)c23)cc1. The maximum Gasteiger partial charge on any atom is 0.137 e. The van der Waals surface area contributed by atoms with E-state index in [-0.39, 0.29) is 18.5 Å². The molecule has 3 aromatic heterocycles. The van der Waals surface area contributed by atoms with Crippen LogP contribution >= 0.6 is 0 Å². The highest BCUT2D eigenvalue weighted by Crippen LogP contribution is 2.40. The quantitative estimate of drug-likeness (QED) is 0.164. The molecule has 0 bridgehead atoms. The lowest BCUT2D eigenvalue weighted by molar-refractivity contribution is 0.204. The summed E-state index contributed by atoms with van der Waals surface area (Å²) in [6, 6.07) is 64.4. The van der Waals surface area contributed by atoms with Crippen molar-refractivity contribution in [1.82, 2.24) is 20.5 Å². The summed E-state index contributed by atoms with van der Waals surface area (Å²) in [5, 5.41) is 18.5. The molecule has 0 aliphatic carbocycles. The molecular weight excluding hydrogens is 701 g/mol. The first kappa shape index (κ1) is 32.3. The fourth-order valence-corrected chi connectivity index (χ4v) is 9.06. The summed E-state index contributed by atoms with van der Waals surface area (Å²) in [5.74, 6) is 0. The highest BCUT2D eigenvalue weighted by Gasteiger charge is 2.32. The van der Waals surface area contributed by atoms with Crippen LogP contribution in [-0.2, 0) is 0 Å². The lowest BCUT2D eigenvalue weighted by Crippen LogP contribution is -2.54. The predicted molar refractivity (Wildman–Crippen MR) is 231 cm³/mol. The van der Waals surface area contributed by atoms with Crippen LogP contribution in [0.2, 0.25) is 0 Å². The molecular formula is C51H36N4O2. The van der Waals surface area contributed by atoms with Gasteiger partial charge in [-0.15, -0.1) is 0 Å². The summed E-state index contributed by atoms with van der Waals surface area (Å²) in [5.41, 5.74) is 12.7. The van der Waals surface area contributed by atoms with Crippen molar-refractivity contribution in [2.45, 2.75) is 18.5 Å². The van der Waals surface area contributed by atoms with Gasteiger partial charge >= 0.3 is 0 Å². The van der Waals surface area contributed by atoms with E-state index in [1.807, 2.05) is 12.1 Å². The Labute approximate surface area is 327 Å². The van der Waals surface area contributed by atoms with Crippen molar-refractivity contribution in [2.24, 2.45) is 0 Å². The summed E-state index contributed by atoms with van der Waals surface area (Å²) >= 11 is 0. The van der Waals surface area contributed by atoms with Crippen molar-refractivity contribution in [3.05, 3.63) is 199 Å². The van der Waals surface area contributed by atoms with Crippen LogP contribution in [0.25, 0.3) is 82.5 Å². The van der Waals surface area contributed by atoms with Crippen LogP contribution in [0.5, 0.6) is 0 Å². The van der Waals surface area contributed by atoms with E-state index >= 15 is 0 Å². The molecule has 1 saturated heterocycles. The van der Waals surface area contributed by atoms with Crippen LogP contribution in [0.3, 0.4) is 0 Å². The van der Waals surface area contributed by atoms with Crippen molar-refractivity contribution < 1.29 is 8.83 Å². The zero-order valence-corrected chi connectivity index (χ0v) is 30.8. The van der Waals surface area contributed by atoms with Crippen molar-refractivity contribution >= 4 is 65.7 Å². The van der Waals surface area contributed by atoms with Crippen molar-refractivity contribution in [3.63, 3.8) is 0 Å². The Morgan fingerprint density at radius 2 is 1.02 bits per heavy atom. The van der Waals surface area contributed by atoms with Crippen LogP contribution in [0.15, 0.2) is 191 Å². The number of para-hydroxylation sites is 2. The van der Waals surface area contributed by atoms with Crippen molar-refractivity contribution in [2.75, 3.05) is 0 Å². The largest absolute Gasteiger partial charge is 0.456 e. The van der Waals surface area contributed by atoms with E-state index in [1.54, 1.807) is 0 Å². The Kier molecular flexibility index (Phi) is 7.25. The molecule has 3 N–H and O–H groups in total. The maximum absolute atomic E-state index is 6.73. The Hall–Kier alpha value is -6.96. The zero-order chi connectivity index (χ0) is 37.5. The summed E-state index contributed by atoms with van der Waals surface area (Å²) in [4.78, 5) is 0. The molecule has 0 radical (unpaired) electrons. The highest BCUT2D eigenvalue weighted by atomic mass is 16.3. The second-order valence-electron chi connectivity index (χ2n) is 15.0. The zero-order valence-electron chi connectivity index (χ0n) is 30.8. The minimum atomic E-state index is -0.201. The molecule has 3 atom stereocenters. The smallest absolute Gasteiger partial charge is 0.137 e. The number of aromatic nitrogens is 1. The van der Waals surface area contributed by atoms with Crippen LogP contribution in [0.1, 0.15) is 35.2 Å². The number of hydrogen-bond acceptors (Lipinski definition) is 5. The van der Waals surface area contributed by atoms with E-state index in [4.69, 9.17) is 8.83 Å².